The molecule has 0 saturated heterocycles. The van der Waals surface area contributed by atoms with Crippen LogP contribution in [0.2, 0.25) is 0 Å². The summed E-state index contributed by atoms with van der Waals surface area (Å²) in [4.78, 5) is 1.15. The molecule has 0 aliphatic carbocycles. The summed E-state index contributed by atoms with van der Waals surface area (Å²) in [5, 5.41) is 14.5. The maximum atomic E-state index is 9.05. The van der Waals surface area contributed by atoms with E-state index in [0.29, 0.717) is 5.71 Å². The minimum Gasteiger partial charge on any atom is -0.411 e. The lowest BCUT2D eigenvalue weighted by Gasteiger charge is -2.06. The molecule has 0 aliphatic heterocycles. The molecule has 4 heteroatoms. The predicted octanol–water partition coefficient (Wildman–Crippen LogP) is 5.21. The number of allylic oxidation sites excluding steroid dienone is 1. The molecule has 1 N–H and O–H groups in total. The Morgan fingerprint density at radius 2 is 2.00 bits per heavy atom. The molecule has 0 atom stereocenters. The lowest BCUT2D eigenvalue weighted by atomic mass is 10.0. The number of rotatable bonds is 3. The fraction of sp³-hybridized carbons (Fsp3) is 0.133. The summed E-state index contributed by atoms with van der Waals surface area (Å²) in [5.41, 5.74) is 3.81. The van der Waals surface area contributed by atoms with Gasteiger partial charge in [0.1, 0.15) is 0 Å². The molecule has 1 aromatic carbocycles. The van der Waals surface area contributed by atoms with Crippen molar-refractivity contribution in [2.75, 3.05) is 0 Å². The molecular weight excluding hydrogens is 322 g/mol. The number of thiophene rings is 1. The average Bonchev–Trinajstić information content (AvgIpc) is 2.82. The van der Waals surface area contributed by atoms with Gasteiger partial charge in [0, 0.05) is 14.9 Å². The van der Waals surface area contributed by atoms with Gasteiger partial charge in [0.15, 0.2) is 0 Å². The molecule has 0 radical (unpaired) electrons. The van der Waals surface area contributed by atoms with Crippen LogP contribution >= 0.6 is 27.3 Å². The van der Waals surface area contributed by atoms with Crippen LogP contribution in [0.25, 0.3) is 11.6 Å². The summed E-state index contributed by atoms with van der Waals surface area (Å²) in [6.45, 7) is 3.87. The monoisotopic (exact) mass is 335 g/mol. The Hall–Kier alpha value is -1.39. The first-order chi connectivity index (χ1) is 9.10. The van der Waals surface area contributed by atoms with Crippen LogP contribution in [0.1, 0.15) is 22.9 Å². The second kappa shape index (κ2) is 6.17. The van der Waals surface area contributed by atoms with Gasteiger partial charge in [0.05, 0.1) is 5.71 Å². The molecule has 2 aromatic rings. The number of oxime groups is 1. The van der Waals surface area contributed by atoms with Gasteiger partial charge in [-0.25, -0.2) is 0 Å². The first kappa shape index (κ1) is 14.0. The fourth-order valence-electron chi connectivity index (χ4n) is 1.75. The summed E-state index contributed by atoms with van der Waals surface area (Å²) in [6.07, 6.45) is 2.05. The molecule has 0 spiro atoms. The number of halogens is 1. The third-order valence-electron chi connectivity index (χ3n) is 2.73. The molecule has 0 aliphatic rings. The SMILES string of the molecule is CC(=NO)C(=Cc1cc(C)cs1)c1ccc(Br)cc1. The van der Waals surface area contributed by atoms with E-state index >= 15 is 0 Å². The van der Waals surface area contributed by atoms with Gasteiger partial charge in [-0.2, -0.15) is 0 Å². The van der Waals surface area contributed by atoms with Gasteiger partial charge < -0.3 is 5.21 Å². The van der Waals surface area contributed by atoms with Crippen molar-refractivity contribution >= 4 is 44.6 Å². The zero-order chi connectivity index (χ0) is 13.8. The highest BCUT2D eigenvalue weighted by Gasteiger charge is 2.07. The van der Waals surface area contributed by atoms with Gasteiger partial charge in [0.25, 0.3) is 0 Å². The Kier molecular flexibility index (Phi) is 4.56. The second-order valence-electron chi connectivity index (χ2n) is 4.28. The van der Waals surface area contributed by atoms with Crippen LogP contribution in [0.15, 0.2) is 45.3 Å². The summed E-state index contributed by atoms with van der Waals surface area (Å²) < 4.78 is 1.03. The van der Waals surface area contributed by atoms with Crippen LogP contribution in [-0.2, 0) is 0 Å². The summed E-state index contributed by atoms with van der Waals surface area (Å²) in [5.74, 6) is 0. The van der Waals surface area contributed by atoms with Crippen molar-refractivity contribution < 1.29 is 5.21 Å². The maximum absolute atomic E-state index is 9.05. The summed E-state index contributed by atoms with van der Waals surface area (Å²) >= 11 is 5.10. The second-order valence-corrected chi connectivity index (χ2v) is 6.14. The van der Waals surface area contributed by atoms with E-state index in [2.05, 4.69) is 45.5 Å². The zero-order valence-electron chi connectivity index (χ0n) is 10.7. The Morgan fingerprint density at radius 3 is 2.53 bits per heavy atom. The average molecular weight is 336 g/mol. The molecule has 0 unspecified atom stereocenters. The predicted molar refractivity (Wildman–Crippen MR) is 86.0 cm³/mol. The lowest BCUT2D eigenvalue weighted by molar-refractivity contribution is 0.319. The number of nitrogens with zero attached hydrogens (tertiary/aromatic N) is 1. The highest BCUT2D eigenvalue weighted by atomic mass is 79.9. The maximum Gasteiger partial charge on any atom is 0.0843 e. The molecule has 1 heterocycles. The van der Waals surface area contributed by atoms with Crippen molar-refractivity contribution in [3.05, 3.63) is 56.2 Å². The number of hydrogen-bond donors (Lipinski definition) is 1. The van der Waals surface area contributed by atoms with Gasteiger partial charge in [-0.15, -0.1) is 11.3 Å². The van der Waals surface area contributed by atoms with Crippen molar-refractivity contribution in [2.24, 2.45) is 5.16 Å². The third kappa shape index (κ3) is 3.55. The molecule has 0 amide bonds. The first-order valence-corrected chi connectivity index (χ1v) is 7.49. The largest absolute Gasteiger partial charge is 0.411 e. The Balaban J connectivity index is 2.47. The van der Waals surface area contributed by atoms with Crippen LogP contribution in [0.4, 0.5) is 0 Å². The van der Waals surface area contributed by atoms with E-state index in [0.717, 1.165) is 20.5 Å². The van der Waals surface area contributed by atoms with Gasteiger partial charge in [-0.05, 0) is 54.6 Å². The molecule has 98 valence electrons. The van der Waals surface area contributed by atoms with E-state index in [1.807, 2.05) is 24.3 Å². The standard InChI is InChI=1S/C15H14BrNOS/c1-10-7-14(19-9-10)8-15(11(2)17-18)12-3-5-13(16)6-4-12/h3-9,18H,1-2H3. The molecule has 2 rings (SSSR count). The van der Waals surface area contributed by atoms with Crippen molar-refractivity contribution in [1.29, 1.82) is 0 Å². The number of hydrogen-bond acceptors (Lipinski definition) is 3. The van der Waals surface area contributed by atoms with E-state index in [4.69, 9.17) is 5.21 Å². The summed E-state index contributed by atoms with van der Waals surface area (Å²) in [7, 11) is 0. The highest BCUT2D eigenvalue weighted by Crippen LogP contribution is 2.25. The number of benzene rings is 1. The minimum atomic E-state index is 0.605. The Bertz CT molecular complexity index is 626. The molecule has 1 aromatic heterocycles. The topological polar surface area (TPSA) is 32.6 Å². The van der Waals surface area contributed by atoms with Crippen LogP contribution in [0.3, 0.4) is 0 Å². The van der Waals surface area contributed by atoms with E-state index in [1.54, 1.807) is 18.3 Å². The van der Waals surface area contributed by atoms with Crippen LogP contribution in [0, 0.1) is 6.92 Å². The van der Waals surface area contributed by atoms with Crippen LogP contribution < -0.4 is 0 Å². The first-order valence-electron chi connectivity index (χ1n) is 5.82. The summed E-state index contributed by atoms with van der Waals surface area (Å²) in [6, 6.07) is 10.1. The van der Waals surface area contributed by atoms with Gasteiger partial charge >= 0.3 is 0 Å². The normalized spacial score (nSPS) is 12.8. The lowest BCUT2D eigenvalue weighted by Crippen LogP contribution is -1.96. The smallest absolute Gasteiger partial charge is 0.0843 e. The van der Waals surface area contributed by atoms with Crippen molar-refractivity contribution in [3.8, 4) is 0 Å². The van der Waals surface area contributed by atoms with Crippen molar-refractivity contribution in [2.45, 2.75) is 13.8 Å². The molecule has 2 nitrogen and oxygen atoms in total. The van der Waals surface area contributed by atoms with E-state index in [-0.39, 0.29) is 0 Å². The molecule has 0 fully saturated rings. The molecule has 0 saturated carbocycles. The van der Waals surface area contributed by atoms with E-state index in [1.165, 1.54) is 5.56 Å². The zero-order valence-corrected chi connectivity index (χ0v) is 13.1. The van der Waals surface area contributed by atoms with Gasteiger partial charge in [-0.3, -0.25) is 0 Å². The fourth-order valence-corrected chi connectivity index (χ4v) is 2.85. The highest BCUT2D eigenvalue weighted by molar-refractivity contribution is 9.10. The number of aryl methyl sites for hydroxylation is 1. The third-order valence-corrected chi connectivity index (χ3v) is 4.26. The van der Waals surface area contributed by atoms with Crippen LogP contribution in [-0.4, -0.2) is 10.9 Å². The molecular formula is C15H14BrNOS. The Labute approximate surface area is 125 Å². The minimum absolute atomic E-state index is 0.605. The van der Waals surface area contributed by atoms with E-state index in [9.17, 15) is 0 Å². The van der Waals surface area contributed by atoms with Crippen molar-refractivity contribution in [1.82, 2.24) is 0 Å². The van der Waals surface area contributed by atoms with Crippen LogP contribution in [0.5, 0.6) is 0 Å². The molecule has 0 bridgehead atoms. The Morgan fingerprint density at radius 1 is 1.32 bits per heavy atom. The molecule has 19 heavy (non-hydrogen) atoms. The van der Waals surface area contributed by atoms with Crippen molar-refractivity contribution in [3.63, 3.8) is 0 Å². The van der Waals surface area contributed by atoms with E-state index < -0.39 is 0 Å². The quantitative estimate of drug-likeness (QED) is 0.466. The van der Waals surface area contributed by atoms with Gasteiger partial charge in [-0.1, -0.05) is 33.2 Å². The van der Waals surface area contributed by atoms with Gasteiger partial charge in [0.2, 0.25) is 0 Å².